The number of aromatic hydroxyl groups is 1. The molecule has 2 N–H and O–H groups in total. The van der Waals surface area contributed by atoms with Gasteiger partial charge in [-0.25, -0.2) is 0 Å². The van der Waals surface area contributed by atoms with E-state index >= 15 is 0 Å². The molecule has 4 nitrogen and oxygen atoms in total. The molecule has 1 aliphatic heterocycles. The molecule has 0 aromatic heterocycles. The molecule has 0 aliphatic carbocycles. The molecule has 1 heterocycles. The second-order valence-electron chi connectivity index (χ2n) is 4.61. The van der Waals surface area contributed by atoms with Gasteiger partial charge in [-0.2, -0.15) is 0 Å². The van der Waals surface area contributed by atoms with Crippen molar-refractivity contribution in [3.05, 3.63) is 33.2 Å². The van der Waals surface area contributed by atoms with Crippen LogP contribution in [0, 0.1) is 0 Å². The summed E-state index contributed by atoms with van der Waals surface area (Å²) in [5, 5.41) is 13.4. The Morgan fingerprint density at radius 3 is 2.60 bits per heavy atom. The Kier molecular flexibility index (Phi) is 5.49. The lowest BCUT2D eigenvalue weighted by molar-refractivity contribution is 0.202. The Morgan fingerprint density at radius 2 is 2.05 bits per heavy atom. The molecule has 0 amide bonds. The molecule has 0 radical (unpaired) electrons. The summed E-state index contributed by atoms with van der Waals surface area (Å²) >= 11 is 6.95. The van der Waals surface area contributed by atoms with Gasteiger partial charge in [-0.1, -0.05) is 6.08 Å². The highest BCUT2D eigenvalue weighted by atomic mass is 79.9. The molecule has 6 heteroatoms. The van der Waals surface area contributed by atoms with Gasteiger partial charge in [0.15, 0.2) is 11.5 Å². The zero-order chi connectivity index (χ0) is 14.7. The highest BCUT2D eigenvalue weighted by Crippen LogP contribution is 2.44. The first-order chi connectivity index (χ1) is 9.60. The van der Waals surface area contributed by atoms with Gasteiger partial charge in [0.1, 0.15) is 0 Å². The molecule has 2 rings (SSSR count). The van der Waals surface area contributed by atoms with E-state index in [2.05, 4.69) is 48.7 Å². The van der Waals surface area contributed by atoms with Gasteiger partial charge in [0.25, 0.3) is 0 Å². The van der Waals surface area contributed by atoms with Crippen LogP contribution in [0.1, 0.15) is 11.6 Å². The standard InChI is InChI=1S/C14H18Br2N2O2/c1-3-10(18-6-4-17-5-7-18)9-8-11(20-2)14(19)13(16)12(9)15/h3,8,10,17,19H,1,4-7H2,2H3/t10-/m1/s1. The Hall–Kier alpha value is -0.560. The van der Waals surface area contributed by atoms with Crippen molar-refractivity contribution in [2.45, 2.75) is 6.04 Å². The Balaban J connectivity index is 2.43. The van der Waals surface area contributed by atoms with Crippen LogP contribution in [-0.2, 0) is 0 Å². The number of nitrogens with zero attached hydrogens (tertiary/aromatic N) is 1. The molecular formula is C14H18Br2N2O2. The summed E-state index contributed by atoms with van der Waals surface area (Å²) in [5.41, 5.74) is 1.03. The van der Waals surface area contributed by atoms with E-state index < -0.39 is 0 Å². The first kappa shape index (κ1) is 15.8. The first-order valence-corrected chi connectivity index (χ1v) is 8.01. The summed E-state index contributed by atoms with van der Waals surface area (Å²) in [5.74, 6) is 0.559. The lowest BCUT2D eigenvalue weighted by Gasteiger charge is -2.34. The highest BCUT2D eigenvalue weighted by Gasteiger charge is 2.25. The van der Waals surface area contributed by atoms with E-state index in [1.165, 1.54) is 0 Å². The molecule has 1 atom stereocenters. The van der Waals surface area contributed by atoms with E-state index in [9.17, 15) is 5.11 Å². The molecule has 1 aromatic carbocycles. The van der Waals surface area contributed by atoms with Gasteiger partial charge in [0.05, 0.1) is 17.6 Å². The molecule has 110 valence electrons. The molecular weight excluding hydrogens is 388 g/mol. The maximum atomic E-state index is 10.0. The third kappa shape index (κ3) is 3.03. The minimum absolute atomic E-state index is 0.0808. The van der Waals surface area contributed by atoms with E-state index in [0.29, 0.717) is 10.2 Å². The third-order valence-electron chi connectivity index (χ3n) is 3.48. The first-order valence-electron chi connectivity index (χ1n) is 6.42. The van der Waals surface area contributed by atoms with Gasteiger partial charge in [-0.05, 0) is 43.5 Å². The average molecular weight is 406 g/mol. The summed E-state index contributed by atoms with van der Waals surface area (Å²) in [6, 6.07) is 1.94. The Bertz CT molecular complexity index is 502. The van der Waals surface area contributed by atoms with Crippen LogP contribution >= 0.6 is 31.9 Å². The van der Waals surface area contributed by atoms with Gasteiger partial charge < -0.3 is 15.2 Å². The topological polar surface area (TPSA) is 44.7 Å². The number of halogens is 2. The van der Waals surface area contributed by atoms with Crippen molar-refractivity contribution in [2.75, 3.05) is 33.3 Å². The lowest BCUT2D eigenvalue weighted by atomic mass is 10.0. The van der Waals surface area contributed by atoms with Crippen LogP contribution in [0.2, 0.25) is 0 Å². The van der Waals surface area contributed by atoms with Crippen LogP contribution in [0.3, 0.4) is 0 Å². The number of ether oxygens (including phenoxy) is 1. The van der Waals surface area contributed by atoms with Gasteiger partial charge in [-0.15, -0.1) is 6.58 Å². The van der Waals surface area contributed by atoms with Crippen LogP contribution in [0.15, 0.2) is 27.7 Å². The number of phenols is 1. The molecule has 1 saturated heterocycles. The van der Waals surface area contributed by atoms with Crippen LogP contribution in [0.25, 0.3) is 0 Å². The highest BCUT2D eigenvalue weighted by molar-refractivity contribution is 9.13. The molecule has 0 unspecified atom stereocenters. The van der Waals surface area contributed by atoms with Crippen molar-refractivity contribution in [3.63, 3.8) is 0 Å². The molecule has 1 aromatic rings. The summed E-state index contributed by atoms with van der Waals surface area (Å²) in [4.78, 5) is 2.35. The summed E-state index contributed by atoms with van der Waals surface area (Å²) in [6.45, 7) is 7.83. The molecule has 1 aliphatic rings. The van der Waals surface area contributed by atoms with Gasteiger partial charge in [-0.3, -0.25) is 4.90 Å². The van der Waals surface area contributed by atoms with E-state index in [1.54, 1.807) is 7.11 Å². The fourth-order valence-corrected chi connectivity index (χ4v) is 3.38. The van der Waals surface area contributed by atoms with E-state index in [1.807, 2.05) is 12.1 Å². The summed E-state index contributed by atoms with van der Waals surface area (Å²) in [7, 11) is 1.55. The minimum atomic E-state index is 0.0808. The molecule has 0 bridgehead atoms. The molecule has 1 fully saturated rings. The minimum Gasteiger partial charge on any atom is -0.503 e. The molecule has 20 heavy (non-hydrogen) atoms. The van der Waals surface area contributed by atoms with Crippen molar-refractivity contribution < 1.29 is 9.84 Å². The quantitative estimate of drug-likeness (QED) is 0.755. The fourth-order valence-electron chi connectivity index (χ4n) is 2.42. The third-order valence-corrected chi connectivity index (χ3v) is 5.64. The fraction of sp³-hybridized carbons (Fsp3) is 0.429. The predicted octanol–water partition coefficient (Wildman–Crippen LogP) is 3.06. The van der Waals surface area contributed by atoms with Crippen LogP contribution < -0.4 is 10.1 Å². The number of rotatable bonds is 4. The number of benzene rings is 1. The van der Waals surface area contributed by atoms with E-state index in [0.717, 1.165) is 36.2 Å². The Morgan fingerprint density at radius 1 is 1.40 bits per heavy atom. The second-order valence-corrected chi connectivity index (χ2v) is 6.20. The monoisotopic (exact) mass is 404 g/mol. The van der Waals surface area contributed by atoms with Crippen molar-refractivity contribution in [2.24, 2.45) is 0 Å². The van der Waals surface area contributed by atoms with Crippen molar-refractivity contribution in [1.29, 1.82) is 0 Å². The summed E-state index contributed by atoms with van der Waals surface area (Å²) in [6.07, 6.45) is 1.92. The van der Waals surface area contributed by atoms with Crippen LogP contribution in [0.5, 0.6) is 11.5 Å². The van der Waals surface area contributed by atoms with E-state index in [4.69, 9.17) is 4.74 Å². The second kappa shape index (κ2) is 6.93. The number of methoxy groups -OCH3 is 1. The molecule has 0 saturated carbocycles. The number of hydrogen-bond acceptors (Lipinski definition) is 4. The molecule has 0 spiro atoms. The number of piperazine rings is 1. The van der Waals surface area contributed by atoms with Crippen molar-refractivity contribution in [1.82, 2.24) is 10.2 Å². The maximum Gasteiger partial charge on any atom is 0.173 e. The number of nitrogens with one attached hydrogen (secondary N) is 1. The largest absolute Gasteiger partial charge is 0.503 e. The smallest absolute Gasteiger partial charge is 0.173 e. The van der Waals surface area contributed by atoms with Crippen LogP contribution in [0.4, 0.5) is 0 Å². The van der Waals surface area contributed by atoms with E-state index in [-0.39, 0.29) is 11.8 Å². The average Bonchev–Trinajstić information content (AvgIpc) is 2.49. The summed E-state index contributed by atoms with van der Waals surface area (Å²) < 4.78 is 6.68. The zero-order valence-corrected chi connectivity index (χ0v) is 14.5. The lowest BCUT2D eigenvalue weighted by Crippen LogP contribution is -2.44. The predicted molar refractivity (Wildman–Crippen MR) is 87.4 cm³/mol. The normalized spacial score (nSPS) is 17.8. The zero-order valence-electron chi connectivity index (χ0n) is 11.3. The maximum absolute atomic E-state index is 10.0. The van der Waals surface area contributed by atoms with Gasteiger partial charge in [0, 0.05) is 30.7 Å². The SMILES string of the molecule is C=C[C@H](c1cc(OC)c(O)c(Br)c1Br)N1CCNCC1. The van der Waals surface area contributed by atoms with Gasteiger partial charge in [0.2, 0.25) is 0 Å². The van der Waals surface area contributed by atoms with Crippen molar-refractivity contribution >= 4 is 31.9 Å². The Labute approximate surface area is 136 Å². The number of hydrogen-bond donors (Lipinski definition) is 2. The van der Waals surface area contributed by atoms with Crippen molar-refractivity contribution in [3.8, 4) is 11.5 Å². The number of phenolic OH excluding ortho intramolecular Hbond substituents is 1. The van der Waals surface area contributed by atoms with Crippen LogP contribution in [-0.4, -0.2) is 43.3 Å². The van der Waals surface area contributed by atoms with Gasteiger partial charge >= 0.3 is 0 Å².